The first kappa shape index (κ1) is 27.4. The van der Waals surface area contributed by atoms with Crippen LogP contribution in [0.5, 0.6) is 0 Å². The fourth-order valence-corrected chi connectivity index (χ4v) is 4.44. The summed E-state index contributed by atoms with van der Waals surface area (Å²) >= 11 is 1.37. The molecule has 0 bridgehead atoms. The highest BCUT2D eigenvalue weighted by Crippen LogP contribution is 2.26. The molecule has 1 heterocycles. The molecule has 0 saturated heterocycles. The van der Waals surface area contributed by atoms with Gasteiger partial charge in [-0.05, 0) is 74.4 Å². The average molecular weight is 541 g/mol. The van der Waals surface area contributed by atoms with Gasteiger partial charge in [-0.2, -0.15) is 0 Å². The van der Waals surface area contributed by atoms with E-state index in [2.05, 4.69) is 21.1 Å². The van der Waals surface area contributed by atoms with Crippen molar-refractivity contribution in [2.75, 3.05) is 10.6 Å². The van der Waals surface area contributed by atoms with Gasteiger partial charge in [-0.1, -0.05) is 47.6 Å². The molecule has 1 atom stereocenters. The van der Waals surface area contributed by atoms with Crippen LogP contribution < -0.4 is 16.0 Å². The quantitative estimate of drug-likeness (QED) is 0.182. The van der Waals surface area contributed by atoms with E-state index in [1.165, 1.54) is 11.8 Å². The predicted octanol–water partition coefficient (Wildman–Crippen LogP) is 5.82. The average Bonchev–Trinajstić information content (AvgIpc) is 3.35. The van der Waals surface area contributed by atoms with Crippen molar-refractivity contribution in [3.05, 3.63) is 113 Å². The highest BCUT2D eigenvalue weighted by Gasteiger charge is 2.18. The Morgan fingerprint density at radius 1 is 0.897 bits per heavy atom. The Morgan fingerprint density at radius 2 is 1.59 bits per heavy atom. The third-order valence-electron chi connectivity index (χ3n) is 5.69. The van der Waals surface area contributed by atoms with E-state index in [9.17, 15) is 14.4 Å². The van der Waals surface area contributed by atoms with E-state index >= 15 is 0 Å². The minimum absolute atomic E-state index is 0.116. The predicted molar refractivity (Wildman–Crippen MR) is 153 cm³/mol. The largest absolute Gasteiger partial charge is 0.360 e. The van der Waals surface area contributed by atoms with E-state index < -0.39 is 5.91 Å². The summed E-state index contributed by atoms with van der Waals surface area (Å²) in [7, 11) is 0. The van der Waals surface area contributed by atoms with Gasteiger partial charge in [-0.3, -0.25) is 14.4 Å². The Kier molecular flexibility index (Phi) is 8.96. The molecule has 4 aromatic rings. The van der Waals surface area contributed by atoms with E-state index in [0.717, 1.165) is 16.0 Å². The van der Waals surface area contributed by atoms with Gasteiger partial charge in [-0.25, -0.2) is 0 Å². The lowest BCUT2D eigenvalue weighted by Gasteiger charge is -2.13. The summed E-state index contributed by atoms with van der Waals surface area (Å²) in [6.45, 7) is 5.48. The molecule has 0 aliphatic rings. The molecule has 0 spiro atoms. The van der Waals surface area contributed by atoms with E-state index in [4.69, 9.17) is 4.52 Å². The second-order valence-corrected chi connectivity index (χ2v) is 10.2. The van der Waals surface area contributed by atoms with E-state index in [0.29, 0.717) is 22.8 Å². The minimum atomic E-state index is -0.460. The highest BCUT2D eigenvalue weighted by molar-refractivity contribution is 8.00. The molecule has 3 N–H and O–H groups in total. The van der Waals surface area contributed by atoms with Gasteiger partial charge in [0.25, 0.3) is 11.8 Å². The zero-order valence-corrected chi connectivity index (χ0v) is 22.5. The fraction of sp³-hybridized carbons (Fsp3) is 0.133. The van der Waals surface area contributed by atoms with Gasteiger partial charge < -0.3 is 20.5 Å². The van der Waals surface area contributed by atoms with Gasteiger partial charge in [0.15, 0.2) is 5.82 Å². The van der Waals surface area contributed by atoms with Crippen LogP contribution in [0.4, 0.5) is 11.5 Å². The molecule has 8 nitrogen and oxygen atoms in total. The maximum atomic E-state index is 13.3. The van der Waals surface area contributed by atoms with Crippen molar-refractivity contribution in [3.63, 3.8) is 0 Å². The van der Waals surface area contributed by atoms with Crippen molar-refractivity contribution in [3.8, 4) is 0 Å². The minimum Gasteiger partial charge on any atom is -0.360 e. The molecule has 0 fully saturated rings. The molecule has 3 amide bonds. The van der Waals surface area contributed by atoms with Crippen LogP contribution in [0.2, 0.25) is 0 Å². The Balaban J connectivity index is 1.44. The first-order valence-corrected chi connectivity index (χ1v) is 13.1. The first-order chi connectivity index (χ1) is 18.8. The zero-order chi connectivity index (χ0) is 27.8. The van der Waals surface area contributed by atoms with Crippen LogP contribution in [0.3, 0.4) is 0 Å². The van der Waals surface area contributed by atoms with Gasteiger partial charge in [0, 0.05) is 22.2 Å². The molecule has 0 aliphatic heterocycles. The summed E-state index contributed by atoms with van der Waals surface area (Å²) in [4.78, 5) is 39.4. The third kappa shape index (κ3) is 7.68. The Labute approximate surface area is 230 Å². The molecule has 1 unspecified atom stereocenters. The van der Waals surface area contributed by atoms with Gasteiger partial charge in [0.2, 0.25) is 5.91 Å². The Hall–Kier alpha value is -4.63. The number of benzene rings is 3. The number of carbonyl (C=O) groups is 3. The molecule has 0 saturated carbocycles. The standard InChI is InChI=1S/C30H28N4O4S/c1-19-9-7-8-12-23(19)18-26(32-29(36)22-10-5-4-6-11-22)30(37)31-24-13-15-25(16-14-24)39-21(3)28(35)33-27-17-20(2)38-34-27/h4-18,21H,1-3H3,(H,31,37)(H,32,36)(H,33,34,35)/b26-18-. The molecule has 9 heteroatoms. The topological polar surface area (TPSA) is 113 Å². The summed E-state index contributed by atoms with van der Waals surface area (Å²) in [6.07, 6.45) is 1.66. The van der Waals surface area contributed by atoms with Crippen LogP contribution in [0.25, 0.3) is 6.08 Å². The van der Waals surface area contributed by atoms with Crippen molar-refractivity contribution >= 4 is 47.1 Å². The Bertz CT molecular complexity index is 1500. The number of rotatable bonds is 9. The summed E-state index contributed by atoms with van der Waals surface area (Å²) in [5.74, 6) is -0.0634. The maximum Gasteiger partial charge on any atom is 0.272 e. The summed E-state index contributed by atoms with van der Waals surface area (Å²) < 4.78 is 4.97. The van der Waals surface area contributed by atoms with Gasteiger partial charge >= 0.3 is 0 Å². The summed E-state index contributed by atoms with van der Waals surface area (Å²) in [5.41, 5.74) is 2.89. The molecule has 39 heavy (non-hydrogen) atoms. The van der Waals surface area contributed by atoms with Crippen LogP contribution in [-0.4, -0.2) is 28.1 Å². The lowest BCUT2D eigenvalue weighted by Crippen LogP contribution is -2.30. The fourth-order valence-electron chi connectivity index (χ4n) is 3.57. The highest BCUT2D eigenvalue weighted by atomic mass is 32.2. The molecule has 3 aromatic carbocycles. The first-order valence-electron chi connectivity index (χ1n) is 12.2. The lowest BCUT2D eigenvalue weighted by atomic mass is 10.1. The Morgan fingerprint density at radius 3 is 2.26 bits per heavy atom. The van der Waals surface area contributed by atoms with E-state index in [1.54, 1.807) is 62.4 Å². The number of hydrogen-bond donors (Lipinski definition) is 3. The normalized spacial score (nSPS) is 11.9. The van der Waals surface area contributed by atoms with Gasteiger partial charge in [0.1, 0.15) is 11.5 Å². The SMILES string of the molecule is Cc1cc(NC(=O)C(C)Sc2ccc(NC(=O)/C(=C/c3ccccc3C)NC(=O)c3ccccc3)cc2)no1. The number of nitrogens with zero attached hydrogens (tertiary/aromatic N) is 1. The van der Waals surface area contributed by atoms with Crippen LogP contribution in [0, 0.1) is 13.8 Å². The zero-order valence-electron chi connectivity index (χ0n) is 21.7. The molecule has 198 valence electrons. The molecular weight excluding hydrogens is 512 g/mol. The monoisotopic (exact) mass is 540 g/mol. The smallest absolute Gasteiger partial charge is 0.272 e. The van der Waals surface area contributed by atoms with Crippen molar-refractivity contribution in [2.45, 2.75) is 30.9 Å². The van der Waals surface area contributed by atoms with Crippen LogP contribution in [0.15, 0.2) is 100 Å². The lowest BCUT2D eigenvalue weighted by molar-refractivity contribution is -0.115. The van der Waals surface area contributed by atoms with Crippen molar-refractivity contribution in [1.82, 2.24) is 10.5 Å². The summed E-state index contributed by atoms with van der Waals surface area (Å²) in [5, 5.41) is 11.7. The number of anilines is 2. The number of thioether (sulfide) groups is 1. The third-order valence-corrected chi connectivity index (χ3v) is 6.80. The number of nitrogens with one attached hydrogen (secondary N) is 3. The van der Waals surface area contributed by atoms with Crippen LogP contribution in [-0.2, 0) is 9.59 Å². The summed E-state index contributed by atoms with van der Waals surface area (Å²) in [6, 6.07) is 25.1. The second-order valence-electron chi connectivity index (χ2n) is 8.79. The molecule has 1 aromatic heterocycles. The van der Waals surface area contributed by atoms with Crippen LogP contribution in [0.1, 0.15) is 34.2 Å². The number of carbonyl (C=O) groups excluding carboxylic acids is 3. The number of aryl methyl sites for hydroxylation is 2. The van der Waals surface area contributed by atoms with Crippen molar-refractivity contribution in [2.24, 2.45) is 0 Å². The molecule has 4 rings (SSSR count). The van der Waals surface area contributed by atoms with Crippen molar-refractivity contribution in [1.29, 1.82) is 0 Å². The molecule has 0 radical (unpaired) electrons. The maximum absolute atomic E-state index is 13.3. The van der Waals surface area contributed by atoms with E-state index in [1.807, 2.05) is 49.4 Å². The number of hydrogen-bond acceptors (Lipinski definition) is 6. The van der Waals surface area contributed by atoms with Crippen LogP contribution >= 0.6 is 11.8 Å². The van der Waals surface area contributed by atoms with E-state index in [-0.39, 0.29) is 22.8 Å². The number of amides is 3. The van der Waals surface area contributed by atoms with Crippen molar-refractivity contribution < 1.29 is 18.9 Å². The number of aromatic nitrogens is 1. The second kappa shape index (κ2) is 12.7. The van der Waals surface area contributed by atoms with Gasteiger partial charge in [-0.15, -0.1) is 11.8 Å². The van der Waals surface area contributed by atoms with Gasteiger partial charge in [0.05, 0.1) is 5.25 Å². The molecule has 0 aliphatic carbocycles. The molecular formula is C30H28N4O4S.